The number of nitrogens with zero attached hydrogens (tertiary/aromatic N) is 1. The van der Waals surface area contributed by atoms with Crippen molar-refractivity contribution in [1.82, 2.24) is 0 Å². The Morgan fingerprint density at radius 3 is 2.80 bits per heavy atom. The summed E-state index contributed by atoms with van der Waals surface area (Å²) in [6, 6.07) is 5.16. The van der Waals surface area contributed by atoms with E-state index in [2.05, 4.69) is 10.5 Å². The van der Waals surface area contributed by atoms with Crippen LogP contribution in [0.5, 0.6) is 0 Å². The van der Waals surface area contributed by atoms with Gasteiger partial charge in [-0.25, -0.2) is 0 Å². The number of hydrogen-bond acceptors (Lipinski definition) is 3. The molecule has 0 fully saturated rings. The molecule has 0 aliphatic carbocycles. The first-order valence-corrected chi connectivity index (χ1v) is 5.04. The normalized spacial score (nSPS) is 11.5. The minimum Gasteiger partial charge on any atom is -0.409 e. The molecular weight excluding hydrogens is 237 g/mol. The number of nitrogens with one attached hydrogen (secondary N) is 1. The van der Waals surface area contributed by atoms with Crippen LogP contribution in [0, 0.1) is 0 Å². The quantitative estimate of drug-likeness (QED) is 0.332. The molecule has 15 heavy (non-hydrogen) atoms. The SMILES string of the molecule is NC(CCNc1ccc(Cl)cc1Cl)=NO. The van der Waals surface area contributed by atoms with Gasteiger partial charge in [0.25, 0.3) is 0 Å². The van der Waals surface area contributed by atoms with Crippen molar-refractivity contribution < 1.29 is 5.21 Å². The number of anilines is 1. The molecule has 0 atom stereocenters. The van der Waals surface area contributed by atoms with Crippen LogP contribution < -0.4 is 11.1 Å². The highest BCUT2D eigenvalue weighted by molar-refractivity contribution is 6.36. The first kappa shape index (κ1) is 11.9. The van der Waals surface area contributed by atoms with Crippen molar-refractivity contribution in [2.45, 2.75) is 6.42 Å². The van der Waals surface area contributed by atoms with Crippen LogP contribution in [-0.2, 0) is 0 Å². The van der Waals surface area contributed by atoms with Gasteiger partial charge in [-0.2, -0.15) is 0 Å². The predicted molar refractivity (Wildman–Crippen MR) is 63.0 cm³/mol. The molecule has 0 amide bonds. The third-order valence-electron chi connectivity index (χ3n) is 1.76. The fourth-order valence-electron chi connectivity index (χ4n) is 1.01. The first-order chi connectivity index (χ1) is 7.13. The van der Waals surface area contributed by atoms with Gasteiger partial charge in [-0.15, -0.1) is 0 Å². The fraction of sp³-hybridized carbons (Fsp3) is 0.222. The van der Waals surface area contributed by atoms with E-state index in [1.54, 1.807) is 18.2 Å². The molecule has 0 radical (unpaired) electrons. The van der Waals surface area contributed by atoms with Crippen molar-refractivity contribution in [3.05, 3.63) is 28.2 Å². The summed E-state index contributed by atoms with van der Waals surface area (Å²) in [5, 5.41) is 15.3. The molecule has 1 rings (SSSR count). The number of oxime groups is 1. The Morgan fingerprint density at radius 1 is 1.47 bits per heavy atom. The van der Waals surface area contributed by atoms with E-state index in [4.69, 9.17) is 34.1 Å². The molecule has 1 aromatic carbocycles. The monoisotopic (exact) mass is 247 g/mol. The molecule has 0 bridgehead atoms. The van der Waals surface area contributed by atoms with E-state index in [-0.39, 0.29) is 5.84 Å². The summed E-state index contributed by atoms with van der Waals surface area (Å²) in [4.78, 5) is 0. The molecule has 0 saturated carbocycles. The van der Waals surface area contributed by atoms with Gasteiger partial charge < -0.3 is 16.3 Å². The molecule has 0 unspecified atom stereocenters. The van der Waals surface area contributed by atoms with E-state index in [0.29, 0.717) is 23.0 Å². The number of hydrogen-bond donors (Lipinski definition) is 3. The Labute approximate surface area is 97.7 Å². The third-order valence-corrected chi connectivity index (χ3v) is 2.30. The molecule has 0 saturated heterocycles. The standard InChI is InChI=1S/C9H11Cl2N3O/c10-6-1-2-8(7(11)5-6)13-4-3-9(12)14-15/h1-2,5,13,15H,3-4H2,(H2,12,14). The fourth-order valence-corrected chi connectivity index (χ4v) is 1.48. The molecule has 82 valence electrons. The highest BCUT2D eigenvalue weighted by atomic mass is 35.5. The van der Waals surface area contributed by atoms with Crippen molar-refractivity contribution in [1.29, 1.82) is 0 Å². The first-order valence-electron chi connectivity index (χ1n) is 4.29. The topological polar surface area (TPSA) is 70.6 Å². The van der Waals surface area contributed by atoms with Gasteiger partial charge in [0.1, 0.15) is 5.84 Å². The molecule has 0 heterocycles. The van der Waals surface area contributed by atoms with E-state index in [1.165, 1.54) is 0 Å². The maximum atomic E-state index is 8.31. The Bertz CT molecular complexity index is 368. The second-order valence-electron chi connectivity index (χ2n) is 2.89. The van der Waals surface area contributed by atoms with Gasteiger partial charge in [-0.05, 0) is 18.2 Å². The van der Waals surface area contributed by atoms with Gasteiger partial charge >= 0.3 is 0 Å². The van der Waals surface area contributed by atoms with Crippen molar-refractivity contribution in [3.8, 4) is 0 Å². The molecule has 0 aromatic heterocycles. The predicted octanol–water partition coefficient (Wildman–Crippen LogP) is 2.54. The molecule has 0 aliphatic heterocycles. The van der Waals surface area contributed by atoms with Gasteiger partial charge in [-0.1, -0.05) is 28.4 Å². The summed E-state index contributed by atoms with van der Waals surface area (Å²) in [7, 11) is 0. The number of rotatable bonds is 4. The lowest BCUT2D eigenvalue weighted by molar-refractivity contribution is 0.317. The summed E-state index contributed by atoms with van der Waals surface area (Å²) < 4.78 is 0. The Balaban J connectivity index is 2.51. The second-order valence-corrected chi connectivity index (χ2v) is 3.74. The smallest absolute Gasteiger partial charge is 0.140 e. The van der Waals surface area contributed by atoms with E-state index in [1.807, 2.05) is 0 Å². The molecule has 1 aromatic rings. The Kier molecular flexibility index (Phi) is 4.52. The van der Waals surface area contributed by atoms with Crippen molar-refractivity contribution in [2.75, 3.05) is 11.9 Å². The molecule has 0 spiro atoms. The molecule has 4 N–H and O–H groups in total. The van der Waals surface area contributed by atoms with E-state index in [9.17, 15) is 0 Å². The summed E-state index contributed by atoms with van der Waals surface area (Å²) in [6.07, 6.45) is 0.440. The number of amidine groups is 1. The Hall–Kier alpha value is -1.13. The van der Waals surface area contributed by atoms with Gasteiger partial charge in [0, 0.05) is 18.0 Å². The lowest BCUT2D eigenvalue weighted by Crippen LogP contribution is -2.16. The average molecular weight is 248 g/mol. The maximum absolute atomic E-state index is 8.31. The molecular formula is C9H11Cl2N3O. The summed E-state index contributed by atoms with van der Waals surface area (Å²) >= 11 is 11.7. The van der Waals surface area contributed by atoms with Crippen molar-refractivity contribution in [3.63, 3.8) is 0 Å². The average Bonchev–Trinajstić information content (AvgIpc) is 2.21. The largest absolute Gasteiger partial charge is 0.409 e. The van der Waals surface area contributed by atoms with Crippen molar-refractivity contribution >= 4 is 34.7 Å². The molecule has 0 aliphatic rings. The maximum Gasteiger partial charge on any atom is 0.140 e. The van der Waals surface area contributed by atoms with E-state index in [0.717, 1.165) is 5.69 Å². The van der Waals surface area contributed by atoms with Gasteiger partial charge in [0.2, 0.25) is 0 Å². The highest BCUT2D eigenvalue weighted by Gasteiger charge is 2.00. The lowest BCUT2D eigenvalue weighted by atomic mass is 10.3. The zero-order valence-electron chi connectivity index (χ0n) is 7.87. The highest BCUT2D eigenvalue weighted by Crippen LogP contribution is 2.25. The van der Waals surface area contributed by atoms with Crippen LogP contribution in [0.4, 0.5) is 5.69 Å². The summed E-state index contributed by atoms with van der Waals surface area (Å²) in [5.74, 6) is 0.174. The van der Waals surface area contributed by atoms with Crippen LogP contribution in [0.25, 0.3) is 0 Å². The van der Waals surface area contributed by atoms with Crippen LogP contribution in [-0.4, -0.2) is 17.6 Å². The lowest BCUT2D eigenvalue weighted by Gasteiger charge is -2.07. The summed E-state index contributed by atoms with van der Waals surface area (Å²) in [6.45, 7) is 0.539. The minimum absolute atomic E-state index is 0.174. The van der Waals surface area contributed by atoms with Crippen molar-refractivity contribution in [2.24, 2.45) is 10.9 Å². The molecule has 4 nitrogen and oxygen atoms in total. The number of halogens is 2. The van der Waals surface area contributed by atoms with Crippen LogP contribution in [0.1, 0.15) is 6.42 Å². The van der Waals surface area contributed by atoms with Gasteiger partial charge in [0.05, 0.1) is 10.7 Å². The van der Waals surface area contributed by atoms with Crippen LogP contribution in [0.2, 0.25) is 10.0 Å². The number of benzene rings is 1. The van der Waals surface area contributed by atoms with Crippen LogP contribution in [0.3, 0.4) is 0 Å². The zero-order chi connectivity index (χ0) is 11.3. The van der Waals surface area contributed by atoms with Crippen LogP contribution in [0.15, 0.2) is 23.4 Å². The Morgan fingerprint density at radius 2 is 2.20 bits per heavy atom. The van der Waals surface area contributed by atoms with E-state index < -0.39 is 0 Å². The minimum atomic E-state index is 0.174. The third kappa shape index (κ3) is 3.85. The molecule has 6 heteroatoms. The van der Waals surface area contributed by atoms with E-state index >= 15 is 0 Å². The zero-order valence-corrected chi connectivity index (χ0v) is 9.39. The van der Waals surface area contributed by atoms with Crippen LogP contribution >= 0.6 is 23.2 Å². The van der Waals surface area contributed by atoms with Gasteiger partial charge in [-0.3, -0.25) is 0 Å². The van der Waals surface area contributed by atoms with Gasteiger partial charge in [0.15, 0.2) is 0 Å². The summed E-state index contributed by atoms with van der Waals surface area (Å²) in [5.41, 5.74) is 6.08. The second kappa shape index (κ2) is 5.68. The number of nitrogens with two attached hydrogens (primary N) is 1.